The molecule has 0 radical (unpaired) electrons. The van der Waals surface area contributed by atoms with Gasteiger partial charge in [-0.15, -0.1) is 0 Å². The van der Waals surface area contributed by atoms with E-state index < -0.39 is 10.0 Å². The van der Waals surface area contributed by atoms with Gasteiger partial charge in [-0.25, -0.2) is 8.42 Å². The number of nitrogen functional groups attached to an aromatic ring is 1. The molecule has 0 aromatic heterocycles. The van der Waals surface area contributed by atoms with Gasteiger partial charge in [0.2, 0.25) is 10.0 Å². The van der Waals surface area contributed by atoms with E-state index in [9.17, 15) is 8.42 Å². The standard InChI is InChI=1S/C11H18N2O3S/c1-9(8-16-3)13(2)17(14,15)11-6-4-5-10(12)7-11/h4-7,9H,8,12H2,1-3H3. The van der Waals surface area contributed by atoms with Crippen molar-refractivity contribution in [3.05, 3.63) is 24.3 Å². The first-order valence-electron chi connectivity index (χ1n) is 5.22. The zero-order valence-corrected chi connectivity index (χ0v) is 11.1. The molecule has 0 fully saturated rings. The van der Waals surface area contributed by atoms with Gasteiger partial charge in [0.15, 0.2) is 0 Å². The molecule has 0 spiro atoms. The maximum absolute atomic E-state index is 12.2. The molecule has 0 amide bonds. The minimum absolute atomic E-state index is 0.197. The van der Waals surface area contributed by atoms with Crippen molar-refractivity contribution < 1.29 is 13.2 Å². The molecule has 0 aliphatic heterocycles. The fourth-order valence-electron chi connectivity index (χ4n) is 1.42. The number of nitrogens with two attached hydrogens (primary N) is 1. The highest BCUT2D eigenvalue weighted by molar-refractivity contribution is 7.89. The number of benzene rings is 1. The van der Waals surface area contributed by atoms with Crippen LogP contribution >= 0.6 is 0 Å². The number of likely N-dealkylation sites (N-methyl/N-ethyl adjacent to an activating group) is 1. The van der Waals surface area contributed by atoms with Gasteiger partial charge in [0, 0.05) is 25.9 Å². The third-order valence-corrected chi connectivity index (χ3v) is 4.53. The van der Waals surface area contributed by atoms with Crippen LogP contribution in [0.4, 0.5) is 5.69 Å². The summed E-state index contributed by atoms with van der Waals surface area (Å²) in [6, 6.07) is 6.02. The first-order chi connectivity index (χ1) is 7.89. The highest BCUT2D eigenvalue weighted by Crippen LogP contribution is 2.18. The monoisotopic (exact) mass is 258 g/mol. The van der Waals surface area contributed by atoms with Gasteiger partial charge in [0.1, 0.15) is 0 Å². The Morgan fingerprint density at radius 3 is 2.65 bits per heavy atom. The maximum Gasteiger partial charge on any atom is 0.243 e. The molecule has 96 valence electrons. The number of rotatable bonds is 5. The maximum atomic E-state index is 12.2. The van der Waals surface area contributed by atoms with Gasteiger partial charge in [-0.1, -0.05) is 6.07 Å². The third kappa shape index (κ3) is 3.18. The van der Waals surface area contributed by atoms with Crippen LogP contribution in [0, 0.1) is 0 Å². The Morgan fingerprint density at radius 2 is 2.12 bits per heavy atom. The van der Waals surface area contributed by atoms with E-state index in [2.05, 4.69) is 0 Å². The number of sulfonamides is 1. The molecule has 0 heterocycles. The molecule has 0 aliphatic carbocycles. The van der Waals surface area contributed by atoms with Crippen LogP contribution < -0.4 is 5.73 Å². The fourth-order valence-corrected chi connectivity index (χ4v) is 2.83. The second kappa shape index (κ2) is 5.48. The predicted molar refractivity (Wildman–Crippen MR) is 67.1 cm³/mol. The average Bonchev–Trinajstić information content (AvgIpc) is 2.28. The van der Waals surface area contributed by atoms with Crippen molar-refractivity contribution in [3.63, 3.8) is 0 Å². The van der Waals surface area contributed by atoms with E-state index in [0.29, 0.717) is 12.3 Å². The quantitative estimate of drug-likeness (QED) is 0.797. The lowest BCUT2D eigenvalue weighted by molar-refractivity contribution is 0.149. The fraction of sp³-hybridized carbons (Fsp3) is 0.455. The zero-order valence-electron chi connectivity index (χ0n) is 10.3. The summed E-state index contributed by atoms with van der Waals surface area (Å²) < 4.78 is 30.7. The van der Waals surface area contributed by atoms with Crippen molar-refractivity contribution in [2.75, 3.05) is 26.5 Å². The molecule has 1 unspecified atom stereocenters. The first kappa shape index (κ1) is 14.0. The van der Waals surface area contributed by atoms with E-state index in [0.717, 1.165) is 0 Å². The molecule has 0 saturated heterocycles. The topological polar surface area (TPSA) is 72.6 Å². The minimum Gasteiger partial charge on any atom is -0.399 e. The van der Waals surface area contributed by atoms with Gasteiger partial charge < -0.3 is 10.5 Å². The predicted octanol–water partition coefficient (Wildman–Crippen LogP) is 0.924. The second-order valence-corrected chi connectivity index (χ2v) is 5.90. The summed E-state index contributed by atoms with van der Waals surface area (Å²) in [7, 11) is -0.440. The summed E-state index contributed by atoms with van der Waals surface area (Å²) in [4.78, 5) is 0.197. The Labute approximate surface area is 102 Å². The molecule has 2 N–H and O–H groups in total. The molecule has 0 saturated carbocycles. The lowest BCUT2D eigenvalue weighted by atomic mass is 10.3. The lowest BCUT2D eigenvalue weighted by Crippen LogP contribution is -2.37. The number of hydrogen-bond acceptors (Lipinski definition) is 4. The highest BCUT2D eigenvalue weighted by atomic mass is 32.2. The highest BCUT2D eigenvalue weighted by Gasteiger charge is 2.25. The molecule has 1 atom stereocenters. The lowest BCUT2D eigenvalue weighted by Gasteiger charge is -2.23. The Kier molecular flexibility index (Phi) is 4.50. The Morgan fingerprint density at radius 1 is 1.47 bits per heavy atom. The molecular formula is C11H18N2O3S. The van der Waals surface area contributed by atoms with E-state index in [4.69, 9.17) is 10.5 Å². The van der Waals surface area contributed by atoms with Crippen LogP contribution in [0.3, 0.4) is 0 Å². The largest absolute Gasteiger partial charge is 0.399 e. The Hall–Kier alpha value is -1.11. The van der Waals surface area contributed by atoms with Gasteiger partial charge in [-0.05, 0) is 25.1 Å². The average molecular weight is 258 g/mol. The third-order valence-electron chi connectivity index (χ3n) is 2.56. The van der Waals surface area contributed by atoms with Crippen LogP contribution in [0.15, 0.2) is 29.2 Å². The second-order valence-electron chi connectivity index (χ2n) is 3.90. The molecule has 0 aliphatic rings. The number of ether oxygens (including phenoxy) is 1. The first-order valence-corrected chi connectivity index (χ1v) is 6.66. The summed E-state index contributed by atoms with van der Waals surface area (Å²) in [6.45, 7) is 2.13. The van der Waals surface area contributed by atoms with Gasteiger partial charge >= 0.3 is 0 Å². The molecule has 1 aromatic carbocycles. The van der Waals surface area contributed by atoms with Crippen LogP contribution in [-0.2, 0) is 14.8 Å². The van der Waals surface area contributed by atoms with Crippen molar-refractivity contribution in [2.45, 2.75) is 17.9 Å². The van der Waals surface area contributed by atoms with E-state index >= 15 is 0 Å². The van der Waals surface area contributed by atoms with Crippen LogP contribution in [0.1, 0.15) is 6.92 Å². The summed E-state index contributed by atoms with van der Waals surface area (Å²) in [6.07, 6.45) is 0. The molecule has 6 heteroatoms. The summed E-state index contributed by atoms with van der Waals surface area (Å²) >= 11 is 0. The van der Waals surface area contributed by atoms with Crippen molar-refractivity contribution in [3.8, 4) is 0 Å². The van der Waals surface area contributed by atoms with Gasteiger partial charge in [-0.2, -0.15) is 4.31 Å². The minimum atomic E-state index is -3.51. The summed E-state index contributed by atoms with van der Waals surface area (Å²) in [5.41, 5.74) is 6.01. The van der Waals surface area contributed by atoms with Crippen molar-refractivity contribution >= 4 is 15.7 Å². The number of anilines is 1. The number of methoxy groups -OCH3 is 1. The van der Waals surface area contributed by atoms with Crippen LogP contribution in [0.2, 0.25) is 0 Å². The van der Waals surface area contributed by atoms with Gasteiger partial charge in [0.25, 0.3) is 0 Å². The molecule has 1 aromatic rings. The summed E-state index contributed by atoms with van der Waals surface area (Å²) in [5, 5.41) is 0. The Bertz CT molecular complexity index is 473. The van der Waals surface area contributed by atoms with Gasteiger partial charge in [0.05, 0.1) is 11.5 Å². The van der Waals surface area contributed by atoms with Crippen LogP contribution in [-0.4, -0.2) is 39.5 Å². The Balaban J connectivity index is 3.03. The summed E-state index contributed by atoms with van der Waals surface area (Å²) in [5.74, 6) is 0. The molecule has 5 nitrogen and oxygen atoms in total. The van der Waals surface area contributed by atoms with Crippen molar-refractivity contribution in [2.24, 2.45) is 0 Å². The van der Waals surface area contributed by atoms with Crippen molar-refractivity contribution in [1.82, 2.24) is 4.31 Å². The number of nitrogens with zero attached hydrogens (tertiary/aromatic N) is 1. The van der Waals surface area contributed by atoms with Crippen LogP contribution in [0.25, 0.3) is 0 Å². The van der Waals surface area contributed by atoms with E-state index in [1.165, 1.54) is 30.6 Å². The molecule has 17 heavy (non-hydrogen) atoms. The molecule has 0 bridgehead atoms. The van der Waals surface area contributed by atoms with Crippen molar-refractivity contribution in [1.29, 1.82) is 0 Å². The zero-order chi connectivity index (χ0) is 13.1. The van der Waals surface area contributed by atoms with E-state index in [1.807, 2.05) is 0 Å². The van der Waals surface area contributed by atoms with E-state index in [-0.39, 0.29) is 10.9 Å². The van der Waals surface area contributed by atoms with Gasteiger partial charge in [-0.3, -0.25) is 0 Å². The number of hydrogen-bond donors (Lipinski definition) is 1. The van der Waals surface area contributed by atoms with E-state index in [1.54, 1.807) is 19.1 Å². The van der Waals surface area contributed by atoms with Crippen LogP contribution in [0.5, 0.6) is 0 Å². The molecular weight excluding hydrogens is 240 g/mol. The normalized spacial score (nSPS) is 13.9. The SMILES string of the molecule is COCC(C)N(C)S(=O)(=O)c1cccc(N)c1. The smallest absolute Gasteiger partial charge is 0.243 e. The molecule has 1 rings (SSSR count).